The first-order chi connectivity index (χ1) is 16.8. The van der Waals surface area contributed by atoms with Crippen molar-refractivity contribution in [1.82, 2.24) is 24.4 Å². The monoisotopic (exact) mass is 476 g/mol. The molecule has 35 heavy (non-hydrogen) atoms. The van der Waals surface area contributed by atoms with E-state index in [9.17, 15) is 0 Å². The minimum Gasteiger partial charge on any atom is -0.381 e. The maximum atomic E-state index is 5.53. The number of piperazine rings is 1. The Morgan fingerprint density at radius 2 is 1.77 bits per heavy atom. The topological polar surface area (TPSA) is 59.3 Å². The number of hydrogen-bond acceptors (Lipinski definition) is 6. The molecule has 0 saturated carbocycles. The molecule has 2 saturated heterocycles. The molecule has 1 aromatic carbocycles. The molecule has 4 heterocycles. The van der Waals surface area contributed by atoms with Gasteiger partial charge in [0.15, 0.2) is 5.65 Å². The van der Waals surface area contributed by atoms with Gasteiger partial charge in [-0.15, -0.1) is 0 Å². The SMILES string of the molecule is Cc1ccc(C(C)(C)C)cc1Cc1nc(N2CCN(CC3CCOCC3)CC2)nc2ncn(C)c12. The van der Waals surface area contributed by atoms with E-state index in [1.807, 2.05) is 13.4 Å². The van der Waals surface area contributed by atoms with Gasteiger partial charge in [0, 0.05) is 59.4 Å². The average Bonchev–Trinajstić information content (AvgIpc) is 3.22. The van der Waals surface area contributed by atoms with Gasteiger partial charge in [0.1, 0.15) is 5.52 Å². The van der Waals surface area contributed by atoms with Crippen LogP contribution in [0.2, 0.25) is 0 Å². The number of ether oxygens (including phenoxy) is 1. The van der Waals surface area contributed by atoms with Crippen molar-refractivity contribution in [2.45, 2.75) is 52.4 Å². The first kappa shape index (κ1) is 24.2. The standard InChI is InChI=1S/C28H40N6O/c1-20-6-7-23(28(2,3)4)16-22(20)17-24-25-26(29-19-32(25)5)31-27(30-24)34-12-10-33(11-13-34)18-21-8-14-35-15-9-21/h6-7,16,19,21H,8-15,17-18H2,1-5H3. The van der Waals surface area contributed by atoms with Crippen LogP contribution in [0.1, 0.15) is 56.0 Å². The van der Waals surface area contributed by atoms with Crippen LogP contribution in [0.5, 0.6) is 0 Å². The molecule has 5 rings (SSSR count). The summed E-state index contributed by atoms with van der Waals surface area (Å²) in [6.07, 6.45) is 5.03. The van der Waals surface area contributed by atoms with E-state index in [1.165, 1.54) is 36.1 Å². The first-order valence-electron chi connectivity index (χ1n) is 13.1. The van der Waals surface area contributed by atoms with Gasteiger partial charge in [0.2, 0.25) is 5.95 Å². The van der Waals surface area contributed by atoms with Crippen molar-refractivity contribution in [3.8, 4) is 0 Å². The fraction of sp³-hybridized carbons (Fsp3) is 0.607. The zero-order valence-electron chi connectivity index (χ0n) is 22.0. The van der Waals surface area contributed by atoms with E-state index in [4.69, 9.17) is 14.7 Å². The van der Waals surface area contributed by atoms with Crippen LogP contribution in [-0.4, -0.2) is 70.4 Å². The van der Waals surface area contributed by atoms with E-state index >= 15 is 0 Å². The number of imidazole rings is 1. The fourth-order valence-corrected chi connectivity index (χ4v) is 5.32. The summed E-state index contributed by atoms with van der Waals surface area (Å²) in [4.78, 5) is 19.6. The molecule has 7 nitrogen and oxygen atoms in total. The van der Waals surface area contributed by atoms with Crippen LogP contribution in [0.15, 0.2) is 24.5 Å². The van der Waals surface area contributed by atoms with Crippen molar-refractivity contribution in [3.63, 3.8) is 0 Å². The summed E-state index contributed by atoms with van der Waals surface area (Å²) in [6.45, 7) is 16.1. The summed E-state index contributed by atoms with van der Waals surface area (Å²) in [7, 11) is 2.04. The van der Waals surface area contributed by atoms with Crippen LogP contribution in [-0.2, 0) is 23.6 Å². The number of hydrogen-bond donors (Lipinski definition) is 0. The van der Waals surface area contributed by atoms with Gasteiger partial charge < -0.3 is 14.2 Å². The van der Waals surface area contributed by atoms with Gasteiger partial charge in [0.05, 0.1) is 12.0 Å². The Hall–Kier alpha value is -2.51. The van der Waals surface area contributed by atoms with E-state index < -0.39 is 0 Å². The molecular weight excluding hydrogens is 436 g/mol. The van der Waals surface area contributed by atoms with E-state index in [0.29, 0.717) is 0 Å². The van der Waals surface area contributed by atoms with E-state index in [2.05, 4.69) is 65.2 Å². The average molecular weight is 477 g/mol. The second kappa shape index (κ2) is 9.86. The molecule has 0 unspecified atom stereocenters. The van der Waals surface area contributed by atoms with Crippen molar-refractivity contribution >= 4 is 17.1 Å². The summed E-state index contributed by atoms with van der Waals surface area (Å²) >= 11 is 0. The third-order valence-electron chi connectivity index (χ3n) is 7.72. The molecular formula is C28H40N6O. The van der Waals surface area contributed by atoms with Crippen LogP contribution in [0.25, 0.3) is 11.2 Å². The second-order valence-corrected chi connectivity index (χ2v) is 11.4. The number of aryl methyl sites for hydroxylation is 2. The first-order valence-corrected chi connectivity index (χ1v) is 13.1. The molecule has 188 valence electrons. The van der Waals surface area contributed by atoms with Crippen LogP contribution in [0.4, 0.5) is 5.95 Å². The fourth-order valence-electron chi connectivity index (χ4n) is 5.32. The normalized spacial score (nSPS) is 18.5. The largest absolute Gasteiger partial charge is 0.381 e. The highest BCUT2D eigenvalue weighted by Gasteiger charge is 2.25. The van der Waals surface area contributed by atoms with Crippen LogP contribution in [0.3, 0.4) is 0 Å². The minimum absolute atomic E-state index is 0.117. The smallest absolute Gasteiger partial charge is 0.227 e. The third-order valence-corrected chi connectivity index (χ3v) is 7.72. The van der Waals surface area contributed by atoms with Gasteiger partial charge in [-0.3, -0.25) is 4.90 Å². The number of benzene rings is 1. The van der Waals surface area contributed by atoms with Gasteiger partial charge in [-0.2, -0.15) is 4.98 Å². The minimum atomic E-state index is 0.117. The predicted molar refractivity (Wildman–Crippen MR) is 141 cm³/mol. The Kier molecular flexibility index (Phi) is 6.82. The molecule has 0 atom stereocenters. The Bertz CT molecular complexity index is 1170. The molecule has 0 spiro atoms. The molecule has 2 aromatic heterocycles. The lowest BCUT2D eigenvalue weighted by Gasteiger charge is -2.37. The molecule has 7 heteroatoms. The summed E-state index contributed by atoms with van der Waals surface area (Å²) in [5.74, 6) is 1.59. The zero-order chi connectivity index (χ0) is 24.6. The van der Waals surface area contributed by atoms with Crippen molar-refractivity contribution < 1.29 is 4.74 Å². The number of nitrogens with zero attached hydrogens (tertiary/aromatic N) is 6. The lowest BCUT2D eigenvalue weighted by Crippen LogP contribution is -2.48. The number of anilines is 1. The maximum Gasteiger partial charge on any atom is 0.227 e. The summed E-state index contributed by atoms with van der Waals surface area (Å²) < 4.78 is 7.59. The Morgan fingerprint density at radius 3 is 2.49 bits per heavy atom. The van der Waals surface area contributed by atoms with Crippen molar-refractivity contribution in [2.24, 2.45) is 13.0 Å². The van der Waals surface area contributed by atoms with E-state index in [0.717, 1.165) is 74.5 Å². The molecule has 0 bridgehead atoms. The molecule has 2 fully saturated rings. The zero-order valence-corrected chi connectivity index (χ0v) is 22.0. The lowest BCUT2D eigenvalue weighted by molar-refractivity contribution is 0.0517. The molecule has 0 radical (unpaired) electrons. The predicted octanol–water partition coefficient (Wildman–Crippen LogP) is 4.11. The molecule has 0 amide bonds. The number of fused-ring (bicyclic) bond motifs is 1. The molecule has 3 aromatic rings. The van der Waals surface area contributed by atoms with Crippen LogP contribution in [0, 0.1) is 12.8 Å². The van der Waals surface area contributed by atoms with E-state index in [1.54, 1.807) is 0 Å². The van der Waals surface area contributed by atoms with Gasteiger partial charge in [0.25, 0.3) is 0 Å². The highest BCUT2D eigenvalue weighted by atomic mass is 16.5. The summed E-state index contributed by atoms with van der Waals surface area (Å²) in [6, 6.07) is 6.86. The third kappa shape index (κ3) is 5.36. The Labute approximate surface area is 209 Å². The van der Waals surface area contributed by atoms with Gasteiger partial charge in [-0.25, -0.2) is 9.97 Å². The number of aromatic nitrogens is 4. The molecule has 2 aliphatic rings. The number of rotatable bonds is 5. The van der Waals surface area contributed by atoms with Crippen molar-refractivity contribution in [1.29, 1.82) is 0 Å². The summed E-state index contributed by atoms with van der Waals surface area (Å²) in [5.41, 5.74) is 6.99. The maximum absolute atomic E-state index is 5.53. The molecule has 0 aliphatic carbocycles. The Balaban J connectivity index is 1.37. The highest BCUT2D eigenvalue weighted by Crippen LogP contribution is 2.28. The lowest BCUT2D eigenvalue weighted by atomic mass is 9.84. The Morgan fingerprint density at radius 1 is 1.03 bits per heavy atom. The van der Waals surface area contributed by atoms with E-state index in [-0.39, 0.29) is 5.41 Å². The van der Waals surface area contributed by atoms with Crippen molar-refractivity contribution in [2.75, 3.05) is 50.8 Å². The quantitative estimate of drug-likeness (QED) is 0.552. The highest BCUT2D eigenvalue weighted by molar-refractivity contribution is 5.75. The van der Waals surface area contributed by atoms with Gasteiger partial charge in [-0.05, 0) is 47.8 Å². The summed E-state index contributed by atoms with van der Waals surface area (Å²) in [5, 5.41) is 0. The van der Waals surface area contributed by atoms with Crippen LogP contribution < -0.4 is 4.90 Å². The van der Waals surface area contributed by atoms with Crippen LogP contribution >= 0.6 is 0 Å². The molecule has 2 aliphatic heterocycles. The van der Waals surface area contributed by atoms with Crippen molar-refractivity contribution in [3.05, 3.63) is 46.9 Å². The van der Waals surface area contributed by atoms with Gasteiger partial charge >= 0.3 is 0 Å². The molecule has 0 N–H and O–H groups in total. The van der Waals surface area contributed by atoms with Gasteiger partial charge in [-0.1, -0.05) is 39.0 Å². The second-order valence-electron chi connectivity index (χ2n) is 11.4.